The quantitative estimate of drug-likeness (QED) is 0.753. The Labute approximate surface area is 140 Å². The highest BCUT2D eigenvalue weighted by Gasteiger charge is 2.10. The molecule has 0 fully saturated rings. The molecule has 5 nitrogen and oxygen atoms in total. The highest BCUT2D eigenvalue weighted by Crippen LogP contribution is 2.26. The second-order valence-electron chi connectivity index (χ2n) is 5.54. The summed E-state index contributed by atoms with van der Waals surface area (Å²) < 4.78 is 11.0. The Hall–Kier alpha value is -2.66. The summed E-state index contributed by atoms with van der Waals surface area (Å²) in [5.74, 6) is 1.34. The standard InChI is InChI=1S/C19H20N2O3/c1-3-10-24-17-9-8-13(11-14(17)12-23-2)18-20-16-7-5-4-6-15(16)19(22)21-18/h4-9,11H,3,10,12H2,1-2H3,(H,20,21,22). The fourth-order valence-electron chi connectivity index (χ4n) is 2.57. The van der Waals surface area contributed by atoms with Crippen molar-refractivity contribution in [3.63, 3.8) is 0 Å². The van der Waals surface area contributed by atoms with Crippen LogP contribution in [0, 0.1) is 0 Å². The minimum Gasteiger partial charge on any atom is -0.493 e. The van der Waals surface area contributed by atoms with Crippen molar-refractivity contribution in [1.82, 2.24) is 9.97 Å². The molecule has 0 saturated heterocycles. The minimum atomic E-state index is -0.143. The van der Waals surface area contributed by atoms with Crippen LogP contribution in [0.15, 0.2) is 47.3 Å². The van der Waals surface area contributed by atoms with E-state index in [4.69, 9.17) is 9.47 Å². The highest BCUT2D eigenvalue weighted by atomic mass is 16.5. The maximum absolute atomic E-state index is 12.2. The number of para-hydroxylation sites is 1. The van der Waals surface area contributed by atoms with Crippen molar-refractivity contribution >= 4 is 10.9 Å². The molecule has 0 amide bonds. The molecule has 24 heavy (non-hydrogen) atoms. The Bertz CT molecular complexity index is 902. The lowest BCUT2D eigenvalue weighted by Crippen LogP contribution is -2.09. The van der Waals surface area contributed by atoms with Gasteiger partial charge >= 0.3 is 0 Å². The summed E-state index contributed by atoms with van der Waals surface area (Å²) in [6.45, 7) is 3.15. The Morgan fingerprint density at radius 3 is 2.79 bits per heavy atom. The third kappa shape index (κ3) is 3.31. The zero-order valence-corrected chi connectivity index (χ0v) is 13.8. The number of aromatic nitrogens is 2. The van der Waals surface area contributed by atoms with E-state index in [0.717, 1.165) is 23.3 Å². The number of rotatable bonds is 6. The molecule has 0 radical (unpaired) electrons. The average molecular weight is 324 g/mol. The van der Waals surface area contributed by atoms with Gasteiger partial charge in [0.15, 0.2) is 0 Å². The van der Waals surface area contributed by atoms with Crippen LogP contribution in [0.25, 0.3) is 22.3 Å². The number of nitrogens with one attached hydrogen (secondary N) is 1. The first-order chi connectivity index (χ1) is 11.7. The summed E-state index contributed by atoms with van der Waals surface area (Å²) in [5, 5.41) is 0.585. The molecule has 124 valence electrons. The predicted octanol–water partition coefficient (Wildman–Crippen LogP) is 3.53. The maximum atomic E-state index is 12.2. The normalized spacial score (nSPS) is 10.9. The maximum Gasteiger partial charge on any atom is 0.259 e. The van der Waals surface area contributed by atoms with Gasteiger partial charge in [-0.05, 0) is 36.8 Å². The van der Waals surface area contributed by atoms with Gasteiger partial charge in [0.05, 0.1) is 24.1 Å². The summed E-state index contributed by atoms with van der Waals surface area (Å²) >= 11 is 0. The molecule has 0 unspecified atom stereocenters. The van der Waals surface area contributed by atoms with Crippen LogP contribution in [0.1, 0.15) is 18.9 Å². The van der Waals surface area contributed by atoms with Crippen LogP contribution < -0.4 is 10.3 Å². The molecule has 1 N–H and O–H groups in total. The van der Waals surface area contributed by atoms with Gasteiger partial charge in [-0.3, -0.25) is 4.79 Å². The van der Waals surface area contributed by atoms with E-state index in [9.17, 15) is 4.79 Å². The molecule has 3 rings (SSSR count). The van der Waals surface area contributed by atoms with Crippen molar-refractivity contribution in [2.24, 2.45) is 0 Å². The number of hydrogen-bond donors (Lipinski definition) is 1. The van der Waals surface area contributed by atoms with E-state index in [-0.39, 0.29) is 5.56 Å². The molecular formula is C19H20N2O3. The van der Waals surface area contributed by atoms with Crippen LogP contribution in [0.3, 0.4) is 0 Å². The fourth-order valence-corrected chi connectivity index (χ4v) is 2.57. The van der Waals surface area contributed by atoms with Gasteiger partial charge in [-0.15, -0.1) is 0 Å². The lowest BCUT2D eigenvalue weighted by molar-refractivity contribution is 0.180. The van der Waals surface area contributed by atoms with Crippen LogP contribution in [-0.2, 0) is 11.3 Å². The molecule has 1 aromatic heterocycles. The van der Waals surface area contributed by atoms with Gasteiger partial charge in [0.25, 0.3) is 5.56 Å². The number of nitrogens with zero attached hydrogens (tertiary/aromatic N) is 1. The van der Waals surface area contributed by atoms with E-state index in [1.807, 2.05) is 36.4 Å². The van der Waals surface area contributed by atoms with Crippen LogP contribution in [0.2, 0.25) is 0 Å². The zero-order chi connectivity index (χ0) is 16.9. The number of hydrogen-bond acceptors (Lipinski definition) is 4. The van der Waals surface area contributed by atoms with Gasteiger partial charge in [0.1, 0.15) is 11.6 Å². The second kappa shape index (κ2) is 7.27. The van der Waals surface area contributed by atoms with Crippen molar-refractivity contribution in [1.29, 1.82) is 0 Å². The van der Waals surface area contributed by atoms with E-state index in [0.29, 0.717) is 29.9 Å². The van der Waals surface area contributed by atoms with Crippen LogP contribution in [0.5, 0.6) is 5.75 Å². The summed E-state index contributed by atoms with van der Waals surface area (Å²) in [6, 6.07) is 13.0. The third-order valence-corrected chi connectivity index (χ3v) is 3.71. The number of methoxy groups -OCH3 is 1. The second-order valence-corrected chi connectivity index (χ2v) is 5.54. The fraction of sp³-hybridized carbons (Fsp3) is 0.263. The summed E-state index contributed by atoms with van der Waals surface area (Å²) in [6.07, 6.45) is 0.938. The lowest BCUT2D eigenvalue weighted by Gasteiger charge is -2.12. The third-order valence-electron chi connectivity index (χ3n) is 3.71. The monoisotopic (exact) mass is 324 g/mol. The van der Waals surface area contributed by atoms with Crippen molar-refractivity contribution in [3.8, 4) is 17.1 Å². The topological polar surface area (TPSA) is 64.2 Å². The van der Waals surface area contributed by atoms with Crippen molar-refractivity contribution in [3.05, 3.63) is 58.4 Å². The highest BCUT2D eigenvalue weighted by molar-refractivity contribution is 5.79. The first kappa shape index (κ1) is 16.2. The summed E-state index contributed by atoms with van der Waals surface area (Å²) in [4.78, 5) is 19.7. The van der Waals surface area contributed by atoms with E-state index >= 15 is 0 Å². The molecule has 1 heterocycles. The largest absolute Gasteiger partial charge is 0.493 e. The molecule has 0 saturated carbocycles. The summed E-state index contributed by atoms with van der Waals surface area (Å²) in [5.41, 5.74) is 2.29. The van der Waals surface area contributed by atoms with Gasteiger partial charge in [-0.2, -0.15) is 0 Å². The number of fused-ring (bicyclic) bond motifs is 1. The number of H-pyrrole nitrogens is 1. The molecule has 0 aliphatic rings. The number of ether oxygens (including phenoxy) is 2. The first-order valence-corrected chi connectivity index (χ1v) is 7.97. The predicted molar refractivity (Wildman–Crippen MR) is 94.3 cm³/mol. The van der Waals surface area contributed by atoms with Gasteiger partial charge in [-0.25, -0.2) is 4.98 Å². The van der Waals surface area contributed by atoms with E-state index < -0.39 is 0 Å². The molecule has 0 atom stereocenters. The van der Waals surface area contributed by atoms with Crippen molar-refractivity contribution in [2.45, 2.75) is 20.0 Å². The Morgan fingerprint density at radius 2 is 2.00 bits per heavy atom. The molecular weight excluding hydrogens is 304 g/mol. The van der Waals surface area contributed by atoms with Crippen LogP contribution in [-0.4, -0.2) is 23.7 Å². The molecule has 5 heteroatoms. The lowest BCUT2D eigenvalue weighted by atomic mass is 10.1. The summed E-state index contributed by atoms with van der Waals surface area (Å²) in [7, 11) is 1.65. The van der Waals surface area contributed by atoms with Gasteiger partial charge in [0.2, 0.25) is 0 Å². The van der Waals surface area contributed by atoms with Gasteiger partial charge in [-0.1, -0.05) is 19.1 Å². The van der Waals surface area contributed by atoms with Gasteiger partial charge in [0, 0.05) is 18.2 Å². The van der Waals surface area contributed by atoms with Crippen LogP contribution in [0.4, 0.5) is 0 Å². The molecule has 3 aromatic rings. The average Bonchev–Trinajstić information content (AvgIpc) is 2.61. The van der Waals surface area contributed by atoms with Crippen molar-refractivity contribution in [2.75, 3.05) is 13.7 Å². The molecule has 2 aromatic carbocycles. The Morgan fingerprint density at radius 1 is 1.17 bits per heavy atom. The first-order valence-electron chi connectivity index (χ1n) is 7.97. The smallest absolute Gasteiger partial charge is 0.259 e. The van der Waals surface area contributed by atoms with E-state index in [1.54, 1.807) is 13.2 Å². The minimum absolute atomic E-state index is 0.143. The Balaban J connectivity index is 2.05. The van der Waals surface area contributed by atoms with E-state index in [2.05, 4.69) is 16.9 Å². The van der Waals surface area contributed by atoms with Gasteiger partial charge < -0.3 is 14.5 Å². The zero-order valence-electron chi connectivity index (χ0n) is 13.8. The Kier molecular flexibility index (Phi) is 4.91. The molecule has 0 bridgehead atoms. The van der Waals surface area contributed by atoms with Crippen LogP contribution >= 0.6 is 0 Å². The molecule has 0 spiro atoms. The molecule has 0 aliphatic carbocycles. The SMILES string of the molecule is CCCOc1ccc(-c2nc3ccccc3c(=O)[nH]2)cc1COC. The number of aromatic amines is 1. The number of benzene rings is 2. The molecule has 0 aliphatic heterocycles. The van der Waals surface area contributed by atoms with E-state index in [1.165, 1.54) is 0 Å². The van der Waals surface area contributed by atoms with Crippen molar-refractivity contribution < 1.29 is 9.47 Å².